The Morgan fingerprint density at radius 2 is 1.06 bits per heavy atom. The van der Waals surface area contributed by atoms with E-state index in [0.717, 1.165) is 55.7 Å². The van der Waals surface area contributed by atoms with Crippen LogP contribution in [0.2, 0.25) is 0 Å². The zero-order valence-electron chi connectivity index (χ0n) is 45.9. The fourth-order valence-corrected chi connectivity index (χ4v) is 10.3. The summed E-state index contributed by atoms with van der Waals surface area (Å²) in [5.41, 5.74) is 16.2. The molecule has 10 aromatic rings. The molecule has 0 atom stereocenters. The minimum Gasteiger partial charge on any atom is -0.457 e. The average Bonchev–Trinajstić information content (AvgIpc) is 3.94. The van der Waals surface area contributed by atoms with Crippen LogP contribution in [0.25, 0.3) is 61.0 Å². The molecule has 1 aliphatic heterocycles. The molecular weight excluding hydrogens is 877 g/mol. The molecule has 11 rings (SSSR count). The van der Waals surface area contributed by atoms with Gasteiger partial charge in [-0.2, -0.15) is 0 Å². The number of ether oxygens (including phenoxy) is 1. The van der Waals surface area contributed by atoms with Gasteiger partial charge >= 0.3 is 0 Å². The topological polar surface area (TPSA) is 33.5 Å². The van der Waals surface area contributed by atoms with Crippen LogP contribution in [0.15, 0.2) is 194 Å². The Bertz CT molecular complexity index is 3750. The Kier molecular flexibility index (Phi) is 10.6. The molecule has 0 bridgehead atoms. The number of para-hydroxylation sites is 4. The molecule has 0 spiro atoms. The smallest absolute Gasteiger partial charge is 0.137 e. The van der Waals surface area contributed by atoms with Crippen LogP contribution >= 0.6 is 0 Å². The van der Waals surface area contributed by atoms with Crippen molar-refractivity contribution >= 4 is 44.6 Å². The summed E-state index contributed by atoms with van der Waals surface area (Å²) in [5, 5.41) is 2.04. The predicted molar refractivity (Wildman–Crippen MR) is 304 cm³/mol. The number of nitrogens with zero attached hydrogens (tertiary/aromatic N) is 4. The summed E-state index contributed by atoms with van der Waals surface area (Å²) in [6.45, 7) is 18.5. The third kappa shape index (κ3) is 8.61. The SMILES string of the molecule is [2H]C([2H])([2H])c1cc(-n2c3ccccc3c3ccc(Oc4cccc(N5CN(c6c(-c7ccccc7)cccc6-c6cc(C(C)(C)C)cc(C(C)(C)C)c6)c6ccccc65)c4)cc32)ncc1-c1ccc(C(C)(C)C)cc1. The quantitative estimate of drug-likeness (QED) is 0.152. The van der Waals surface area contributed by atoms with Gasteiger partial charge in [-0.25, -0.2) is 4.98 Å². The summed E-state index contributed by atoms with van der Waals surface area (Å²) >= 11 is 0. The fourth-order valence-electron chi connectivity index (χ4n) is 10.3. The van der Waals surface area contributed by atoms with Gasteiger partial charge < -0.3 is 14.5 Å². The third-order valence-electron chi connectivity index (χ3n) is 14.3. The number of fused-ring (bicyclic) bond motifs is 4. The molecule has 5 nitrogen and oxygen atoms in total. The van der Waals surface area contributed by atoms with Crippen LogP contribution in [0.4, 0.5) is 22.7 Å². The molecule has 0 aliphatic carbocycles. The summed E-state index contributed by atoms with van der Waals surface area (Å²) in [6.07, 6.45) is 1.71. The van der Waals surface area contributed by atoms with E-state index >= 15 is 0 Å². The minimum atomic E-state index is -2.39. The molecule has 0 unspecified atom stereocenters. The molecule has 0 radical (unpaired) electrons. The summed E-state index contributed by atoms with van der Waals surface area (Å²) in [6, 6.07) is 65.9. The molecule has 72 heavy (non-hydrogen) atoms. The monoisotopic (exact) mass is 944 g/mol. The Balaban J connectivity index is 0.974. The van der Waals surface area contributed by atoms with Crippen molar-refractivity contribution < 1.29 is 8.85 Å². The number of rotatable bonds is 8. The standard InChI is InChI=1S/C67H64N4O/c1-44-36-63(68-42-58(44)46-30-32-48(33-31-46)65(2,3)4)71-59-27-15-14-24-56(59)57-35-34-53(41-62(57)71)72-52-23-18-22-51(40-52)69-43-70(61-29-17-16-28-60(61)69)64-54(45-20-12-11-13-21-45)25-19-26-55(64)47-37-49(66(5,6)7)39-50(38-47)67(8,9)10/h11-42H,43H2,1-10H3/i1D3. The maximum Gasteiger partial charge on any atom is 0.137 e. The second kappa shape index (κ2) is 17.8. The molecule has 0 N–H and O–H groups in total. The number of hydrogen-bond donors (Lipinski definition) is 0. The molecule has 2 aromatic heterocycles. The summed E-state index contributed by atoms with van der Waals surface area (Å²) in [5.74, 6) is 1.86. The molecule has 0 saturated carbocycles. The Hall–Kier alpha value is -7.89. The van der Waals surface area contributed by atoms with Gasteiger partial charge in [0, 0.05) is 55.6 Å². The number of aryl methyl sites for hydroxylation is 1. The molecule has 3 heterocycles. The number of anilines is 4. The first kappa shape index (κ1) is 42.9. The van der Waals surface area contributed by atoms with E-state index in [1.165, 1.54) is 33.4 Å². The van der Waals surface area contributed by atoms with Crippen LogP contribution in [0.3, 0.4) is 0 Å². The lowest BCUT2D eigenvalue weighted by Crippen LogP contribution is -2.25. The molecule has 8 aromatic carbocycles. The maximum atomic E-state index is 8.70. The van der Waals surface area contributed by atoms with Crippen molar-refractivity contribution in [1.82, 2.24) is 9.55 Å². The molecule has 0 fully saturated rings. The number of hydrogen-bond acceptors (Lipinski definition) is 4. The summed E-state index contributed by atoms with van der Waals surface area (Å²) < 4.78 is 35.0. The van der Waals surface area contributed by atoms with E-state index < -0.39 is 6.85 Å². The molecule has 0 saturated heterocycles. The average molecular weight is 944 g/mol. The van der Waals surface area contributed by atoms with Gasteiger partial charge in [-0.3, -0.25) is 4.57 Å². The van der Waals surface area contributed by atoms with Crippen LogP contribution < -0.4 is 14.5 Å². The van der Waals surface area contributed by atoms with Crippen LogP contribution in [-0.4, -0.2) is 16.2 Å². The highest BCUT2D eigenvalue weighted by atomic mass is 16.5. The van der Waals surface area contributed by atoms with Crippen LogP contribution in [0, 0.1) is 6.85 Å². The van der Waals surface area contributed by atoms with Crippen molar-refractivity contribution in [3.05, 3.63) is 217 Å². The first-order chi connectivity index (χ1) is 35.7. The number of benzene rings is 8. The molecule has 0 amide bonds. The van der Waals surface area contributed by atoms with Gasteiger partial charge in [0.2, 0.25) is 0 Å². The summed E-state index contributed by atoms with van der Waals surface area (Å²) in [4.78, 5) is 9.85. The van der Waals surface area contributed by atoms with Crippen molar-refractivity contribution in [2.45, 2.75) is 85.4 Å². The second-order valence-electron chi connectivity index (χ2n) is 22.4. The van der Waals surface area contributed by atoms with Crippen molar-refractivity contribution in [2.24, 2.45) is 0 Å². The predicted octanol–water partition coefficient (Wildman–Crippen LogP) is 18.4. The van der Waals surface area contributed by atoms with Crippen LogP contribution in [0.5, 0.6) is 11.5 Å². The van der Waals surface area contributed by atoms with E-state index in [1.54, 1.807) is 12.3 Å². The summed E-state index contributed by atoms with van der Waals surface area (Å²) in [7, 11) is 0. The van der Waals surface area contributed by atoms with Gasteiger partial charge in [0.05, 0.1) is 28.1 Å². The van der Waals surface area contributed by atoms with Crippen molar-refractivity contribution in [3.8, 4) is 50.7 Å². The molecular formula is C67H64N4O. The molecule has 1 aliphatic rings. The van der Waals surface area contributed by atoms with E-state index in [-0.39, 0.29) is 21.8 Å². The van der Waals surface area contributed by atoms with E-state index in [1.807, 2.05) is 42.5 Å². The zero-order chi connectivity index (χ0) is 52.6. The maximum absolute atomic E-state index is 8.70. The first-order valence-corrected chi connectivity index (χ1v) is 25.1. The third-order valence-corrected chi connectivity index (χ3v) is 14.3. The van der Waals surface area contributed by atoms with Crippen LogP contribution in [-0.2, 0) is 16.2 Å². The fraction of sp³-hybridized carbons (Fsp3) is 0.209. The minimum absolute atomic E-state index is 0.0314. The van der Waals surface area contributed by atoms with E-state index in [4.69, 9.17) is 13.8 Å². The van der Waals surface area contributed by atoms with Gasteiger partial charge in [-0.15, -0.1) is 0 Å². The lowest BCUT2D eigenvalue weighted by atomic mass is 9.78. The highest BCUT2D eigenvalue weighted by molar-refractivity contribution is 6.09. The highest BCUT2D eigenvalue weighted by Gasteiger charge is 2.32. The largest absolute Gasteiger partial charge is 0.457 e. The lowest BCUT2D eigenvalue weighted by Gasteiger charge is -2.29. The van der Waals surface area contributed by atoms with Gasteiger partial charge in [0.1, 0.15) is 24.0 Å². The Morgan fingerprint density at radius 3 is 1.75 bits per heavy atom. The van der Waals surface area contributed by atoms with Crippen molar-refractivity contribution in [2.75, 3.05) is 16.5 Å². The lowest BCUT2D eigenvalue weighted by molar-refractivity contribution is 0.483. The van der Waals surface area contributed by atoms with E-state index in [0.29, 0.717) is 29.5 Å². The van der Waals surface area contributed by atoms with Crippen molar-refractivity contribution in [1.29, 1.82) is 0 Å². The number of pyridine rings is 1. The second-order valence-corrected chi connectivity index (χ2v) is 22.4. The van der Waals surface area contributed by atoms with E-state index in [9.17, 15) is 0 Å². The van der Waals surface area contributed by atoms with Gasteiger partial charge in [-0.1, -0.05) is 190 Å². The number of aromatic nitrogens is 2. The molecule has 5 heteroatoms. The van der Waals surface area contributed by atoms with Crippen LogP contribution in [0.1, 0.15) is 88.7 Å². The first-order valence-electron chi connectivity index (χ1n) is 26.6. The highest BCUT2D eigenvalue weighted by Crippen LogP contribution is 2.51. The van der Waals surface area contributed by atoms with E-state index in [2.05, 4.69) is 216 Å². The van der Waals surface area contributed by atoms with Crippen molar-refractivity contribution in [3.63, 3.8) is 0 Å². The molecule has 358 valence electrons. The van der Waals surface area contributed by atoms with Gasteiger partial charge in [0.15, 0.2) is 0 Å². The normalized spacial score (nSPS) is 13.8. The van der Waals surface area contributed by atoms with Gasteiger partial charge in [0.25, 0.3) is 0 Å². The van der Waals surface area contributed by atoms with Gasteiger partial charge in [-0.05, 0) is 111 Å². The zero-order valence-corrected chi connectivity index (χ0v) is 42.9. The Morgan fingerprint density at radius 1 is 0.458 bits per heavy atom. The Labute approximate surface area is 430 Å².